The van der Waals surface area contributed by atoms with Gasteiger partial charge in [-0.05, 0) is 29.1 Å². The molecular weight excluding hydrogens is 272 g/mol. The van der Waals surface area contributed by atoms with Crippen molar-refractivity contribution in [2.24, 2.45) is 0 Å². The number of nitrogen functional groups attached to an aromatic ring is 1. The summed E-state index contributed by atoms with van der Waals surface area (Å²) in [6.07, 6.45) is 0. The first-order chi connectivity index (χ1) is 10.1. The zero-order valence-electron chi connectivity index (χ0n) is 11.4. The highest BCUT2D eigenvalue weighted by atomic mass is 19.1. The molecule has 2 N–H and O–H groups in total. The first-order valence-corrected chi connectivity index (χ1v) is 6.42. The summed E-state index contributed by atoms with van der Waals surface area (Å²) < 4.78 is 33.1. The lowest BCUT2D eigenvalue weighted by Crippen LogP contribution is -1.95. The minimum Gasteiger partial charge on any atom is -0.496 e. The molecule has 106 valence electrons. The summed E-state index contributed by atoms with van der Waals surface area (Å²) in [6.45, 7) is 0. The van der Waals surface area contributed by atoms with Crippen LogP contribution in [0.3, 0.4) is 0 Å². The number of hydrogen-bond donors (Lipinski definition) is 1. The molecule has 3 aromatic carbocycles. The van der Waals surface area contributed by atoms with Gasteiger partial charge in [-0.2, -0.15) is 0 Å². The summed E-state index contributed by atoms with van der Waals surface area (Å²) in [5.41, 5.74) is 5.97. The molecule has 0 aliphatic rings. The number of methoxy groups -OCH3 is 1. The van der Waals surface area contributed by atoms with Gasteiger partial charge in [-0.1, -0.05) is 24.3 Å². The van der Waals surface area contributed by atoms with Crippen molar-refractivity contribution in [3.63, 3.8) is 0 Å². The molecule has 4 heteroatoms. The molecule has 3 aromatic rings. The molecule has 0 fully saturated rings. The maximum absolute atomic E-state index is 14.1. The lowest BCUT2D eigenvalue weighted by molar-refractivity contribution is 0.420. The second-order valence-corrected chi connectivity index (χ2v) is 4.71. The molecule has 0 bridgehead atoms. The summed E-state index contributed by atoms with van der Waals surface area (Å²) in [4.78, 5) is 0. The molecule has 0 saturated heterocycles. The second kappa shape index (κ2) is 5.05. The van der Waals surface area contributed by atoms with Gasteiger partial charge in [0.05, 0.1) is 12.8 Å². The van der Waals surface area contributed by atoms with Crippen LogP contribution in [0.25, 0.3) is 21.9 Å². The van der Waals surface area contributed by atoms with E-state index in [-0.39, 0.29) is 11.3 Å². The van der Waals surface area contributed by atoms with Gasteiger partial charge in [0.1, 0.15) is 17.4 Å². The molecule has 0 amide bonds. The summed E-state index contributed by atoms with van der Waals surface area (Å²) in [6, 6.07) is 13.0. The molecule has 0 saturated carbocycles. The highest BCUT2D eigenvalue weighted by Crippen LogP contribution is 2.36. The fourth-order valence-corrected chi connectivity index (χ4v) is 2.45. The molecule has 0 unspecified atom stereocenters. The molecule has 2 nitrogen and oxygen atoms in total. The quantitative estimate of drug-likeness (QED) is 0.709. The average Bonchev–Trinajstić information content (AvgIpc) is 2.50. The maximum atomic E-state index is 14.1. The Balaban J connectivity index is 2.34. The van der Waals surface area contributed by atoms with Crippen molar-refractivity contribution < 1.29 is 13.5 Å². The smallest absolute Gasteiger partial charge is 0.146 e. The van der Waals surface area contributed by atoms with Crippen LogP contribution in [0.2, 0.25) is 0 Å². The fourth-order valence-electron chi connectivity index (χ4n) is 2.45. The van der Waals surface area contributed by atoms with Crippen molar-refractivity contribution in [3.05, 3.63) is 60.2 Å². The van der Waals surface area contributed by atoms with Gasteiger partial charge < -0.3 is 10.5 Å². The summed E-state index contributed by atoms with van der Waals surface area (Å²) >= 11 is 0. The molecular formula is C17H13F2NO. The molecule has 21 heavy (non-hydrogen) atoms. The van der Waals surface area contributed by atoms with Gasteiger partial charge in [-0.15, -0.1) is 0 Å². The number of anilines is 1. The molecule has 3 rings (SSSR count). The van der Waals surface area contributed by atoms with Gasteiger partial charge in [-0.3, -0.25) is 0 Å². The molecule has 0 aliphatic carbocycles. The highest BCUT2D eigenvalue weighted by molar-refractivity contribution is 6.00. The molecule has 0 aliphatic heterocycles. The zero-order valence-corrected chi connectivity index (χ0v) is 11.4. The van der Waals surface area contributed by atoms with Gasteiger partial charge in [0.2, 0.25) is 0 Å². The van der Waals surface area contributed by atoms with E-state index in [4.69, 9.17) is 10.5 Å². The number of fused-ring (bicyclic) bond motifs is 1. The van der Waals surface area contributed by atoms with Crippen LogP contribution in [0.4, 0.5) is 14.5 Å². The van der Waals surface area contributed by atoms with E-state index in [0.717, 1.165) is 22.9 Å². The van der Waals surface area contributed by atoms with E-state index >= 15 is 0 Å². The van der Waals surface area contributed by atoms with Crippen LogP contribution < -0.4 is 10.5 Å². The largest absolute Gasteiger partial charge is 0.496 e. The summed E-state index contributed by atoms with van der Waals surface area (Å²) in [5, 5.41) is 1.63. The summed E-state index contributed by atoms with van der Waals surface area (Å²) in [5.74, 6) is -0.499. The van der Waals surface area contributed by atoms with Crippen molar-refractivity contribution in [2.45, 2.75) is 0 Å². The van der Waals surface area contributed by atoms with Crippen molar-refractivity contribution in [1.29, 1.82) is 0 Å². The standard InChI is InChI=1S/C17H13F2NO/c1-21-17-7-6-11(10-4-2-3-5-12(10)17)13-8-15(19)16(20)9-14(13)18/h2-9H,20H2,1H3. The van der Waals surface area contributed by atoms with Crippen LogP contribution in [0.15, 0.2) is 48.5 Å². The van der Waals surface area contributed by atoms with E-state index in [2.05, 4.69) is 0 Å². The molecule has 0 atom stereocenters. The third-order valence-electron chi connectivity index (χ3n) is 3.48. The third kappa shape index (κ3) is 2.18. The van der Waals surface area contributed by atoms with E-state index in [9.17, 15) is 8.78 Å². The van der Waals surface area contributed by atoms with Crippen molar-refractivity contribution in [2.75, 3.05) is 12.8 Å². The van der Waals surface area contributed by atoms with Crippen molar-refractivity contribution in [3.8, 4) is 16.9 Å². The predicted octanol–water partition coefficient (Wildman–Crippen LogP) is 4.38. The Morgan fingerprint density at radius 3 is 2.29 bits per heavy atom. The maximum Gasteiger partial charge on any atom is 0.146 e. The van der Waals surface area contributed by atoms with Gasteiger partial charge >= 0.3 is 0 Å². The predicted molar refractivity (Wildman–Crippen MR) is 80.3 cm³/mol. The van der Waals surface area contributed by atoms with E-state index < -0.39 is 11.6 Å². The number of rotatable bonds is 2. The molecule has 0 aromatic heterocycles. The van der Waals surface area contributed by atoms with Crippen LogP contribution in [0, 0.1) is 11.6 Å². The van der Waals surface area contributed by atoms with E-state index in [0.29, 0.717) is 11.3 Å². The Bertz CT molecular complexity index is 830. The second-order valence-electron chi connectivity index (χ2n) is 4.71. The van der Waals surface area contributed by atoms with E-state index in [1.165, 1.54) is 0 Å². The third-order valence-corrected chi connectivity index (χ3v) is 3.48. The fraction of sp³-hybridized carbons (Fsp3) is 0.0588. The van der Waals surface area contributed by atoms with E-state index in [1.54, 1.807) is 19.2 Å². The topological polar surface area (TPSA) is 35.2 Å². The van der Waals surface area contributed by atoms with E-state index in [1.807, 2.05) is 24.3 Å². The molecule has 0 radical (unpaired) electrons. The average molecular weight is 285 g/mol. The Morgan fingerprint density at radius 1 is 0.857 bits per heavy atom. The van der Waals surface area contributed by atoms with Crippen LogP contribution in [0.1, 0.15) is 0 Å². The Labute approximate surface area is 120 Å². The van der Waals surface area contributed by atoms with Gasteiger partial charge in [0, 0.05) is 17.0 Å². The number of benzene rings is 3. The number of ether oxygens (including phenoxy) is 1. The lowest BCUT2D eigenvalue weighted by Gasteiger charge is -2.12. The van der Waals surface area contributed by atoms with Crippen LogP contribution in [-0.2, 0) is 0 Å². The van der Waals surface area contributed by atoms with Crippen molar-refractivity contribution >= 4 is 16.5 Å². The van der Waals surface area contributed by atoms with Crippen LogP contribution in [-0.4, -0.2) is 7.11 Å². The number of halogens is 2. The van der Waals surface area contributed by atoms with Crippen LogP contribution in [0.5, 0.6) is 5.75 Å². The first-order valence-electron chi connectivity index (χ1n) is 6.42. The molecule has 0 heterocycles. The van der Waals surface area contributed by atoms with Crippen molar-refractivity contribution in [1.82, 2.24) is 0 Å². The zero-order chi connectivity index (χ0) is 15.0. The minimum absolute atomic E-state index is 0.181. The number of nitrogens with two attached hydrogens (primary N) is 1. The van der Waals surface area contributed by atoms with Gasteiger partial charge in [-0.25, -0.2) is 8.78 Å². The SMILES string of the molecule is COc1ccc(-c2cc(F)c(N)cc2F)c2ccccc12. The highest BCUT2D eigenvalue weighted by Gasteiger charge is 2.14. The molecule has 0 spiro atoms. The lowest BCUT2D eigenvalue weighted by atomic mass is 9.97. The van der Waals surface area contributed by atoms with Gasteiger partial charge in [0.15, 0.2) is 0 Å². The Hall–Kier alpha value is -2.62. The number of hydrogen-bond acceptors (Lipinski definition) is 2. The normalized spacial score (nSPS) is 10.8. The van der Waals surface area contributed by atoms with Gasteiger partial charge in [0.25, 0.3) is 0 Å². The Morgan fingerprint density at radius 2 is 1.57 bits per heavy atom. The monoisotopic (exact) mass is 285 g/mol. The summed E-state index contributed by atoms with van der Waals surface area (Å²) in [7, 11) is 1.57. The Kier molecular flexibility index (Phi) is 3.22. The van der Waals surface area contributed by atoms with Crippen LogP contribution >= 0.6 is 0 Å². The first kappa shape index (κ1) is 13.4. The minimum atomic E-state index is -0.633.